The summed E-state index contributed by atoms with van der Waals surface area (Å²) in [5, 5.41) is 0.685. The van der Waals surface area contributed by atoms with Crippen LogP contribution >= 0.6 is 15.9 Å². The van der Waals surface area contributed by atoms with Crippen molar-refractivity contribution >= 4 is 26.8 Å². The van der Waals surface area contributed by atoms with Crippen LogP contribution in [0.3, 0.4) is 0 Å². The average Bonchev–Trinajstić information content (AvgIpc) is 2.39. The fourth-order valence-corrected chi connectivity index (χ4v) is 2.63. The van der Waals surface area contributed by atoms with Gasteiger partial charge < -0.3 is 4.98 Å². The topological polar surface area (TPSA) is 32.9 Å². The van der Waals surface area contributed by atoms with Gasteiger partial charge >= 0.3 is 0 Å². The monoisotopic (exact) mass is 335 g/mol. The zero-order chi connectivity index (χ0) is 14.3. The lowest BCUT2D eigenvalue weighted by molar-refractivity contribution is 0.627. The van der Waals surface area contributed by atoms with Crippen molar-refractivity contribution in [3.63, 3.8) is 0 Å². The Labute approximate surface area is 121 Å². The first-order valence-electron chi connectivity index (χ1n) is 5.82. The Balaban J connectivity index is 2.29. The Morgan fingerprint density at radius 2 is 1.65 bits per heavy atom. The van der Waals surface area contributed by atoms with E-state index in [0.717, 1.165) is 0 Å². The molecule has 5 heteroatoms. The molecule has 3 aromatic rings. The Morgan fingerprint density at radius 3 is 2.35 bits per heavy atom. The summed E-state index contributed by atoms with van der Waals surface area (Å²) >= 11 is 3.27. The molecule has 20 heavy (non-hydrogen) atoms. The van der Waals surface area contributed by atoms with Crippen LogP contribution in [0.15, 0.2) is 51.7 Å². The largest absolute Gasteiger partial charge is 0.321 e. The maximum Gasteiger partial charge on any atom is 0.256 e. The smallest absolute Gasteiger partial charge is 0.256 e. The molecule has 0 spiro atoms. The van der Waals surface area contributed by atoms with Crippen LogP contribution in [0.2, 0.25) is 0 Å². The van der Waals surface area contributed by atoms with Gasteiger partial charge in [-0.25, -0.2) is 8.78 Å². The van der Waals surface area contributed by atoms with Crippen LogP contribution in [-0.4, -0.2) is 4.98 Å². The minimum absolute atomic E-state index is 0.346. The van der Waals surface area contributed by atoms with Crippen molar-refractivity contribution in [1.29, 1.82) is 0 Å². The Hall–Kier alpha value is -2.01. The van der Waals surface area contributed by atoms with E-state index in [1.807, 2.05) is 0 Å². The lowest BCUT2D eigenvalue weighted by Crippen LogP contribution is -2.09. The quantitative estimate of drug-likeness (QED) is 0.709. The molecule has 1 N–H and O–H groups in total. The number of H-pyrrole nitrogens is 1. The van der Waals surface area contributed by atoms with Crippen LogP contribution < -0.4 is 5.56 Å². The molecule has 100 valence electrons. The lowest BCUT2D eigenvalue weighted by Gasteiger charge is -2.05. The van der Waals surface area contributed by atoms with Crippen molar-refractivity contribution in [2.24, 2.45) is 0 Å². The van der Waals surface area contributed by atoms with Gasteiger partial charge in [-0.2, -0.15) is 0 Å². The van der Waals surface area contributed by atoms with E-state index in [-0.39, 0.29) is 11.4 Å². The summed E-state index contributed by atoms with van der Waals surface area (Å²) in [7, 11) is 0. The zero-order valence-electron chi connectivity index (χ0n) is 10.1. The van der Waals surface area contributed by atoms with Gasteiger partial charge in [-0.1, -0.05) is 12.1 Å². The van der Waals surface area contributed by atoms with Crippen molar-refractivity contribution in [2.75, 3.05) is 0 Å². The summed E-state index contributed by atoms with van der Waals surface area (Å²) < 4.78 is 26.8. The molecule has 0 saturated heterocycles. The third-order valence-corrected chi connectivity index (χ3v) is 3.69. The molecule has 0 aliphatic heterocycles. The molecular weight excluding hydrogens is 328 g/mol. The molecule has 0 fully saturated rings. The maximum absolute atomic E-state index is 13.3. The number of halogens is 3. The molecule has 0 saturated carbocycles. The van der Waals surface area contributed by atoms with Crippen molar-refractivity contribution in [3.8, 4) is 11.1 Å². The summed E-state index contributed by atoms with van der Waals surface area (Å²) in [6.07, 6.45) is 0. The van der Waals surface area contributed by atoms with Crippen molar-refractivity contribution in [2.45, 2.75) is 0 Å². The lowest BCUT2D eigenvalue weighted by atomic mass is 10.1. The van der Waals surface area contributed by atoms with Crippen LogP contribution in [0, 0.1) is 11.6 Å². The fourth-order valence-electron chi connectivity index (χ4n) is 2.08. The molecule has 0 bridgehead atoms. The Kier molecular flexibility index (Phi) is 3.14. The van der Waals surface area contributed by atoms with Gasteiger partial charge in [-0.05, 0) is 51.8 Å². The number of fused-ring (bicyclic) bond motifs is 1. The minimum atomic E-state index is -0.436. The standard InChI is InChI=1S/C15H8BrF2NO/c16-13-5-10(18)6-14-12(13)7-11(15(20)19-14)8-1-3-9(17)4-2-8/h1-7H,(H,19,20). The van der Waals surface area contributed by atoms with Gasteiger partial charge in [0.05, 0.1) is 5.52 Å². The van der Waals surface area contributed by atoms with Gasteiger partial charge in [0.2, 0.25) is 0 Å². The second kappa shape index (κ2) is 4.83. The highest BCUT2D eigenvalue weighted by atomic mass is 79.9. The van der Waals surface area contributed by atoms with Crippen LogP contribution in [0.1, 0.15) is 0 Å². The van der Waals surface area contributed by atoms with Gasteiger partial charge in [-0.15, -0.1) is 0 Å². The zero-order valence-corrected chi connectivity index (χ0v) is 11.7. The third kappa shape index (κ3) is 2.25. The highest BCUT2D eigenvalue weighted by molar-refractivity contribution is 9.10. The molecule has 1 heterocycles. The summed E-state index contributed by atoms with van der Waals surface area (Å²) in [4.78, 5) is 14.7. The second-order valence-electron chi connectivity index (χ2n) is 4.37. The van der Waals surface area contributed by atoms with Crippen LogP contribution in [-0.2, 0) is 0 Å². The fraction of sp³-hybridized carbons (Fsp3) is 0. The molecule has 0 aliphatic carbocycles. The van der Waals surface area contributed by atoms with E-state index in [9.17, 15) is 13.6 Å². The summed E-state index contributed by atoms with van der Waals surface area (Å²) in [5.41, 5.74) is 1.07. The molecule has 0 amide bonds. The molecule has 0 unspecified atom stereocenters. The second-order valence-corrected chi connectivity index (χ2v) is 5.22. The van der Waals surface area contributed by atoms with E-state index < -0.39 is 5.82 Å². The number of hydrogen-bond donors (Lipinski definition) is 1. The van der Waals surface area contributed by atoms with Crippen LogP contribution in [0.4, 0.5) is 8.78 Å². The third-order valence-electron chi connectivity index (χ3n) is 3.03. The number of rotatable bonds is 1. The number of pyridine rings is 1. The summed E-state index contributed by atoms with van der Waals surface area (Å²) in [6.45, 7) is 0. The van der Waals surface area contributed by atoms with E-state index in [1.54, 1.807) is 6.07 Å². The van der Waals surface area contributed by atoms with Crippen molar-refractivity contribution in [3.05, 3.63) is 68.9 Å². The van der Waals surface area contributed by atoms with Gasteiger partial charge in [0.15, 0.2) is 0 Å². The summed E-state index contributed by atoms with van der Waals surface area (Å²) in [6, 6.07) is 9.89. The first-order chi connectivity index (χ1) is 9.54. The molecule has 2 aromatic carbocycles. The number of aromatic amines is 1. The number of aromatic nitrogens is 1. The van der Waals surface area contributed by atoms with Crippen LogP contribution in [0.25, 0.3) is 22.0 Å². The van der Waals surface area contributed by atoms with E-state index in [4.69, 9.17) is 0 Å². The highest BCUT2D eigenvalue weighted by Gasteiger charge is 2.09. The Morgan fingerprint density at radius 1 is 0.950 bits per heavy atom. The predicted octanol–water partition coefficient (Wildman–Crippen LogP) is 4.24. The predicted molar refractivity (Wildman–Crippen MR) is 77.6 cm³/mol. The van der Waals surface area contributed by atoms with E-state index in [2.05, 4.69) is 20.9 Å². The average molecular weight is 336 g/mol. The van der Waals surface area contributed by atoms with Gasteiger partial charge in [0.1, 0.15) is 11.6 Å². The van der Waals surface area contributed by atoms with Gasteiger partial charge in [0, 0.05) is 15.4 Å². The van der Waals surface area contributed by atoms with E-state index >= 15 is 0 Å². The van der Waals surface area contributed by atoms with E-state index in [0.29, 0.717) is 26.5 Å². The SMILES string of the molecule is O=c1[nH]c2cc(F)cc(Br)c2cc1-c1ccc(F)cc1. The molecule has 0 radical (unpaired) electrons. The normalized spacial score (nSPS) is 10.9. The number of nitrogens with one attached hydrogen (secondary N) is 1. The summed E-state index contributed by atoms with van der Waals surface area (Å²) in [5.74, 6) is -0.802. The molecule has 0 atom stereocenters. The first kappa shape index (κ1) is 13.0. The molecule has 1 aromatic heterocycles. The van der Waals surface area contributed by atoms with Gasteiger partial charge in [0.25, 0.3) is 5.56 Å². The highest BCUT2D eigenvalue weighted by Crippen LogP contribution is 2.26. The number of hydrogen-bond acceptors (Lipinski definition) is 1. The van der Waals surface area contributed by atoms with Gasteiger partial charge in [-0.3, -0.25) is 4.79 Å². The first-order valence-corrected chi connectivity index (χ1v) is 6.62. The molecular formula is C15H8BrF2NO. The maximum atomic E-state index is 13.3. The molecule has 3 rings (SSSR count). The molecule has 0 aliphatic rings. The van der Waals surface area contributed by atoms with Crippen molar-refractivity contribution in [1.82, 2.24) is 4.98 Å². The Bertz CT molecular complexity index is 856. The number of benzene rings is 2. The molecule has 2 nitrogen and oxygen atoms in total. The minimum Gasteiger partial charge on any atom is -0.321 e. The van der Waals surface area contributed by atoms with Crippen LogP contribution in [0.5, 0.6) is 0 Å². The van der Waals surface area contributed by atoms with Crippen molar-refractivity contribution < 1.29 is 8.78 Å². The van der Waals surface area contributed by atoms with E-state index in [1.165, 1.54) is 36.4 Å².